The van der Waals surface area contributed by atoms with Crippen LogP contribution in [0.4, 0.5) is 0 Å². The minimum absolute atomic E-state index is 0. The van der Waals surface area contributed by atoms with Crippen LogP contribution in [-0.4, -0.2) is 4.40 Å². The number of hydrogen-bond donors (Lipinski definition) is 0. The Balaban J connectivity index is 0.00000210. The van der Waals surface area contributed by atoms with E-state index in [0.717, 1.165) is 22.5 Å². The number of hydrogen-bond acceptors (Lipinski definition) is 1. The largest absolute Gasteiger partial charge is 1.00 e. The molecule has 0 radical (unpaired) electrons. The van der Waals surface area contributed by atoms with Crippen LogP contribution < -0.4 is 21.7 Å². The number of halogens is 3. The maximum atomic E-state index is 6.34. The monoisotopic (exact) mass is 418 g/mol. The first kappa shape index (κ1) is 19.6. The van der Waals surface area contributed by atoms with Crippen LogP contribution in [0.5, 0.6) is 5.75 Å². The SMILES string of the molecule is Clc1ccc(C[n+]2ccn3cccc(OCc4ccccc4)c32)c(Cl)c1.[Cl-]. The van der Waals surface area contributed by atoms with Crippen molar-refractivity contribution in [2.75, 3.05) is 0 Å². The van der Waals surface area contributed by atoms with Gasteiger partial charge in [-0.05, 0) is 29.8 Å². The molecule has 0 N–H and O–H groups in total. The number of benzene rings is 2. The molecule has 0 aliphatic carbocycles. The second kappa shape index (κ2) is 8.66. The minimum Gasteiger partial charge on any atom is -1.00 e. The van der Waals surface area contributed by atoms with Crippen molar-refractivity contribution in [1.82, 2.24) is 4.40 Å². The third-order valence-electron chi connectivity index (χ3n) is 4.23. The quantitative estimate of drug-likeness (QED) is 0.453. The fourth-order valence-electron chi connectivity index (χ4n) is 2.94. The summed E-state index contributed by atoms with van der Waals surface area (Å²) in [5, 5.41) is 1.30. The van der Waals surface area contributed by atoms with E-state index in [-0.39, 0.29) is 12.4 Å². The van der Waals surface area contributed by atoms with Gasteiger partial charge < -0.3 is 17.1 Å². The molecule has 2 aromatic heterocycles. The molecule has 0 amide bonds. The van der Waals surface area contributed by atoms with Crippen molar-refractivity contribution in [3.8, 4) is 5.75 Å². The van der Waals surface area contributed by atoms with Gasteiger partial charge in [0.05, 0.1) is 6.20 Å². The lowest BCUT2D eigenvalue weighted by atomic mass is 10.2. The van der Waals surface area contributed by atoms with Gasteiger partial charge in [0, 0.05) is 15.6 Å². The standard InChI is InChI=1S/C21H17Cl2N2O.ClH/c22-18-9-8-17(19(23)13-18)14-25-12-11-24-10-4-7-20(21(24)25)26-15-16-5-2-1-3-6-16;/h1-13H,14-15H2;1H/q+1;/p-1. The van der Waals surface area contributed by atoms with Gasteiger partial charge in [-0.3, -0.25) is 0 Å². The number of pyridine rings is 1. The molecule has 27 heavy (non-hydrogen) atoms. The van der Waals surface area contributed by atoms with Gasteiger partial charge in [0.1, 0.15) is 25.5 Å². The van der Waals surface area contributed by atoms with E-state index in [4.69, 9.17) is 27.9 Å². The summed E-state index contributed by atoms with van der Waals surface area (Å²) in [6.07, 6.45) is 6.04. The van der Waals surface area contributed by atoms with Gasteiger partial charge >= 0.3 is 5.65 Å². The Kier molecular flexibility index (Phi) is 6.27. The number of ether oxygens (including phenoxy) is 1. The molecule has 0 bridgehead atoms. The third-order valence-corrected chi connectivity index (χ3v) is 4.82. The Labute approximate surface area is 174 Å². The first-order valence-corrected chi connectivity index (χ1v) is 9.06. The molecular formula is C21H17Cl3N2O. The van der Waals surface area contributed by atoms with E-state index in [1.54, 1.807) is 6.07 Å². The second-order valence-corrected chi connectivity index (χ2v) is 6.88. The summed E-state index contributed by atoms with van der Waals surface area (Å²) in [7, 11) is 0. The van der Waals surface area contributed by atoms with Crippen molar-refractivity contribution in [2.24, 2.45) is 0 Å². The molecule has 3 nitrogen and oxygen atoms in total. The van der Waals surface area contributed by atoms with Gasteiger partial charge in [0.25, 0.3) is 0 Å². The van der Waals surface area contributed by atoms with Crippen molar-refractivity contribution < 1.29 is 21.7 Å². The van der Waals surface area contributed by atoms with E-state index in [1.807, 2.05) is 65.5 Å². The number of nitrogens with zero attached hydrogens (tertiary/aromatic N) is 2. The van der Waals surface area contributed by atoms with Crippen LogP contribution in [0, 0.1) is 0 Å². The summed E-state index contributed by atoms with van der Waals surface area (Å²) < 4.78 is 10.3. The summed E-state index contributed by atoms with van der Waals surface area (Å²) in [5.74, 6) is 0.825. The van der Waals surface area contributed by atoms with Crippen molar-refractivity contribution in [3.05, 3.63) is 100 Å². The summed E-state index contributed by atoms with van der Waals surface area (Å²) >= 11 is 12.3. The highest BCUT2D eigenvalue weighted by molar-refractivity contribution is 6.35. The lowest BCUT2D eigenvalue weighted by molar-refractivity contribution is -0.662. The van der Waals surface area contributed by atoms with Crippen LogP contribution in [0.25, 0.3) is 5.65 Å². The molecule has 138 valence electrons. The smallest absolute Gasteiger partial charge is 0.329 e. The van der Waals surface area contributed by atoms with Gasteiger partial charge in [0.2, 0.25) is 5.75 Å². The van der Waals surface area contributed by atoms with Crippen molar-refractivity contribution >= 4 is 28.8 Å². The van der Waals surface area contributed by atoms with Crippen LogP contribution in [0.1, 0.15) is 11.1 Å². The molecule has 0 aliphatic rings. The molecule has 0 aliphatic heterocycles. The Morgan fingerprint density at radius 2 is 1.74 bits per heavy atom. The molecule has 4 aromatic rings. The Hall–Kier alpha value is -2.20. The maximum Gasteiger partial charge on any atom is 0.329 e. The predicted molar refractivity (Wildman–Crippen MR) is 104 cm³/mol. The Bertz CT molecular complexity index is 1050. The van der Waals surface area contributed by atoms with Crippen molar-refractivity contribution in [1.29, 1.82) is 0 Å². The Morgan fingerprint density at radius 3 is 2.52 bits per heavy atom. The zero-order chi connectivity index (χ0) is 17.9. The zero-order valence-corrected chi connectivity index (χ0v) is 16.6. The number of imidazole rings is 1. The topological polar surface area (TPSA) is 17.5 Å². The highest BCUT2D eigenvalue weighted by Gasteiger charge is 2.17. The van der Waals surface area contributed by atoms with Crippen molar-refractivity contribution in [2.45, 2.75) is 13.2 Å². The molecule has 0 fully saturated rings. The molecule has 0 spiro atoms. The van der Waals surface area contributed by atoms with Crippen LogP contribution in [0.3, 0.4) is 0 Å². The molecular weight excluding hydrogens is 403 g/mol. The number of rotatable bonds is 5. The predicted octanol–water partition coefficient (Wildman–Crippen LogP) is 2.16. The van der Waals surface area contributed by atoms with Gasteiger partial charge in [-0.25, -0.2) is 4.57 Å². The van der Waals surface area contributed by atoms with Crippen LogP contribution in [-0.2, 0) is 13.2 Å². The van der Waals surface area contributed by atoms with E-state index in [2.05, 4.69) is 16.7 Å². The van der Waals surface area contributed by atoms with E-state index < -0.39 is 0 Å². The second-order valence-electron chi connectivity index (χ2n) is 6.04. The third kappa shape index (κ3) is 4.38. The molecule has 6 heteroatoms. The zero-order valence-electron chi connectivity index (χ0n) is 14.4. The molecule has 0 unspecified atom stereocenters. The van der Waals surface area contributed by atoms with Gasteiger partial charge in [-0.1, -0.05) is 59.6 Å². The lowest BCUT2D eigenvalue weighted by Gasteiger charge is -2.07. The number of fused-ring (bicyclic) bond motifs is 1. The first-order chi connectivity index (χ1) is 12.7. The van der Waals surface area contributed by atoms with Gasteiger partial charge in [0.15, 0.2) is 0 Å². The minimum atomic E-state index is 0. The summed E-state index contributed by atoms with van der Waals surface area (Å²) in [5.41, 5.74) is 3.12. The summed E-state index contributed by atoms with van der Waals surface area (Å²) in [4.78, 5) is 0. The van der Waals surface area contributed by atoms with Crippen LogP contribution in [0.15, 0.2) is 79.3 Å². The van der Waals surface area contributed by atoms with Crippen molar-refractivity contribution in [3.63, 3.8) is 0 Å². The molecule has 2 heterocycles. The molecule has 0 atom stereocenters. The van der Waals surface area contributed by atoms with Crippen LogP contribution >= 0.6 is 23.2 Å². The fourth-order valence-corrected chi connectivity index (χ4v) is 3.41. The highest BCUT2D eigenvalue weighted by Crippen LogP contribution is 2.22. The summed E-state index contributed by atoms with van der Waals surface area (Å²) in [6, 6.07) is 19.7. The van der Waals surface area contributed by atoms with Gasteiger partial charge in [-0.15, -0.1) is 0 Å². The molecule has 0 saturated carbocycles. The van der Waals surface area contributed by atoms with Crippen LogP contribution in [0.2, 0.25) is 10.0 Å². The summed E-state index contributed by atoms with van der Waals surface area (Å²) in [6.45, 7) is 1.16. The van der Waals surface area contributed by atoms with E-state index in [0.29, 0.717) is 23.2 Å². The normalized spacial score (nSPS) is 10.6. The van der Waals surface area contributed by atoms with E-state index >= 15 is 0 Å². The van der Waals surface area contributed by atoms with E-state index in [1.165, 1.54) is 0 Å². The highest BCUT2D eigenvalue weighted by atomic mass is 35.5. The average Bonchev–Trinajstić information content (AvgIpc) is 3.07. The van der Waals surface area contributed by atoms with Gasteiger partial charge in [-0.2, -0.15) is 4.40 Å². The molecule has 2 aromatic carbocycles. The van der Waals surface area contributed by atoms with E-state index in [9.17, 15) is 0 Å². The molecule has 4 rings (SSSR count). The molecule has 0 saturated heterocycles. The number of aromatic nitrogens is 2. The average molecular weight is 420 g/mol. The fraction of sp³-hybridized carbons (Fsp3) is 0.0952. The Morgan fingerprint density at radius 1 is 0.926 bits per heavy atom. The lowest BCUT2D eigenvalue weighted by Crippen LogP contribution is -3.00. The first-order valence-electron chi connectivity index (χ1n) is 8.30. The maximum absolute atomic E-state index is 6.34.